The predicted octanol–water partition coefficient (Wildman–Crippen LogP) is 3.57. The van der Waals surface area contributed by atoms with Crippen LogP contribution in [0.1, 0.15) is 24.2 Å². The molecule has 1 heterocycles. The van der Waals surface area contributed by atoms with Gasteiger partial charge in [-0.15, -0.1) is 0 Å². The first-order valence-corrected chi connectivity index (χ1v) is 6.08. The van der Waals surface area contributed by atoms with Crippen molar-refractivity contribution in [3.05, 3.63) is 52.0 Å². The maximum absolute atomic E-state index is 5.98. The highest BCUT2D eigenvalue weighted by molar-refractivity contribution is 6.42. The SMILES string of the molecule is CC(NCc1cnc[nH]1)c1ccc(Cl)c(Cl)c1. The van der Waals surface area contributed by atoms with Crippen LogP contribution in [0.3, 0.4) is 0 Å². The summed E-state index contributed by atoms with van der Waals surface area (Å²) in [6, 6.07) is 5.87. The van der Waals surface area contributed by atoms with Crippen LogP contribution >= 0.6 is 23.2 Å². The number of imidazole rings is 1. The molecule has 1 unspecified atom stereocenters. The van der Waals surface area contributed by atoms with E-state index in [1.807, 2.05) is 18.2 Å². The van der Waals surface area contributed by atoms with Crippen molar-refractivity contribution in [2.75, 3.05) is 0 Å². The molecule has 0 aliphatic rings. The fourth-order valence-electron chi connectivity index (χ4n) is 1.54. The second-order valence-corrected chi connectivity index (χ2v) is 4.67. The summed E-state index contributed by atoms with van der Waals surface area (Å²) in [5.74, 6) is 0. The number of aromatic amines is 1. The van der Waals surface area contributed by atoms with Crippen molar-refractivity contribution in [1.29, 1.82) is 0 Å². The molecule has 0 saturated carbocycles. The van der Waals surface area contributed by atoms with Gasteiger partial charge in [-0.25, -0.2) is 4.98 Å². The van der Waals surface area contributed by atoms with Gasteiger partial charge in [-0.3, -0.25) is 0 Å². The van der Waals surface area contributed by atoms with Crippen LogP contribution in [0.5, 0.6) is 0 Å². The van der Waals surface area contributed by atoms with Crippen LogP contribution in [-0.2, 0) is 6.54 Å². The van der Waals surface area contributed by atoms with Crippen molar-refractivity contribution in [3.8, 4) is 0 Å². The lowest BCUT2D eigenvalue weighted by atomic mass is 10.1. The van der Waals surface area contributed by atoms with E-state index >= 15 is 0 Å². The van der Waals surface area contributed by atoms with Crippen LogP contribution in [0.25, 0.3) is 0 Å². The van der Waals surface area contributed by atoms with Crippen LogP contribution < -0.4 is 5.32 Å². The summed E-state index contributed by atoms with van der Waals surface area (Å²) in [6.45, 7) is 2.82. The molecule has 17 heavy (non-hydrogen) atoms. The topological polar surface area (TPSA) is 40.7 Å². The van der Waals surface area contributed by atoms with E-state index in [2.05, 4.69) is 22.2 Å². The Hall–Kier alpha value is -1.03. The van der Waals surface area contributed by atoms with E-state index in [1.165, 1.54) is 0 Å². The average Bonchev–Trinajstić information content (AvgIpc) is 2.82. The van der Waals surface area contributed by atoms with Gasteiger partial charge in [0.1, 0.15) is 0 Å². The highest BCUT2D eigenvalue weighted by Crippen LogP contribution is 2.25. The minimum Gasteiger partial charge on any atom is -0.347 e. The zero-order valence-electron chi connectivity index (χ0n) is 9.37. The summed E-state index contributed by atoms with van der Waals surface area (Å²) in [4.78, 5) is 7.01. The van der Waals surface area contributed by atoms with Gasteiger partial charge in [-0.1, -0.05) is 29.3 Å². The first-order valence-electron chi connectivity index (χ1n) is 5.32. The van der Waals surface area contributed by atoms with E-state index in [0.717, 1.165) is 17.8 Å². The molecule has 0 spiro atoms. The molecule has 0 saturated heterocycles. The highest BCUT2D eigenvalue weighted by Gasteiger charge is 2.07. The molecule has 0 aliphatic carbocycles. The minimum atomic E-state index is 0.202. The van der Waals surface area contributed by atoms with Gasteiger partial charge in [0, 0.05) is 24.5 Å². The smallest absolute Gasteiger partial charge is 0.0922 e. The fourth-order valence-corrected chi connectivity index (χ4v) is 1.85. The van der Waals surface area contributed by atoms with Gasteiger partial charge >= 0.3 is 0 Å². The molecule has 2 N–H and O–H groups in total. The fraction of sp³-hybridized carbons (Fsp3) is 0.250. The Kier molecular flexibility index (Phi) is 4.05. The van der Waals surface area contributed by atoms with Crippen LogP contribution in [0.4, 0.5) is 0 Å². The molecule has 1 aromatic carbocycles. The molecule has 1 atom stereocenters. The molecule has 2 aromatic rings. The van der Waals surface area contributed by atoms with Crippen molar-refractivity contribution in [1.82, 2.24) is 15.3 Å². The van der Waals surface area contributed by atoms with Crippen LogP contribution in [0.2, 0.25) is 10.0 Å². The Labute approximate surface area is 110 Å². The zero-order valence-corrected chi connectivity index (χ0v) is 10.9. The first kappa shape index (κ1) is 12.4. The lowest BCUT2D eigenvalue weighted by Gasteiger charge is -2.14. The largest absolute Gasteiger partial charge is 0.347 e. The quantitative estimate of drug-likeness (QED) is 0.891. The number of benzene rings is 1. The minimum absolute atomic E-state index is 0.202. The third kappa shape index (κ3) is 3.22. The van der Waals surface area contributed by atoms with Gasteiger partial charge in [0.05, 0.1) is 16.4 Å². The Balaban J connectivity index is 1.99. The average molecular weight is 270 g/mol. The molecule has 0 amide bonds. The van der Waals surface area contributed by atoms with Crippen LogP contribution in [-0.4, -0.2) is 9.97 Å². The molecule has 5 heteroatoms. The number of H-pyrrole nitrogens is 1. The Morgan fingerprint density at radius 1 is 1.35 bits per heavy atom. The van der Waals surface area contributed by atoms with E-state index in [4.69, 9.17) is 23.2 Å². The lowest BCUT2D eigenvalue weighted by molar-refractivity contribution is 0.569. The van der Waals surface area contributed by atoms with Gasteiger partial charge in [0.2, 0.25) is 0 Å². The molecule has 2 rings (SSSR count). The Morgan fingerprint density at radius 2 is 2.18 bits per heavy atom. The van der Waals surface area contributed by atoms with Crippen molar-refractivity contribution in [3.63, 3.8) is 0 Å². The highest BCUT2D eigenvalue weighted by atomic mass is 35.5. The third-order valence-electron chi connectivity index (χ3n) is 2.60. The number of rotatable bonds is 4. The predicted molar refractivity (Wildman–Crippen MR) is 70.3 cm³/mol. The van der Waals surface area contributed by atoms with Gasteiger partial charge in [-0.05, 0) is 24.6 Å². The van der Waals surface area contributed by atoms with Gasteiger partial charge in [-0.2, -0.15) is 0 Å². The van der Waals surface area contributed by atoms with Gasteiger partial charge in [0.15, 0.2) is 0 Å². The van der Waals surface area contributed by atoms with Crippen molar-refractivity contribution < 1.29 is 0 Å². The summed E-state index contributed by atoms with van der Waals surface area (Å²) >= 11 is 11.9. The standard InChI is InChI=1S/C12H13Cl2N3/c1-8(16-6-10-5-15-7-17-10)9-2-3-11(13)12(14)4-9/h2-5,7-8,16H,6H2,1H3,(H,15,17). The van der Waals surface area contributed by atoms with Crippen molar-refractivity contribution in [2.45, 2.75) is 19.5 Å². The maximum atomic E-state index is 5.98. The number of hydrogen-bond acceptors (Lipinski definition) is 2. The molecule has 90 valence electrons. The molecule has 0 aliphatic heterocycles. The Morgan fingerprint density at radius 3 is 2.82 bits per heavy atom. The first-order chi connectivity index (χ1) is 8.16. The van der Waals surface area contributed by atoms with Crippen LogP contribution in [0, 0.1) is 0 Å². The zero-order chi connectivity index (χ0) is 12.3. The van der Waals surface area contributed by atoms with Gasteiger partial charge in [0.25, 0.3) is 0 Å². The monoisotopic (exact) mass is 269 g/mol. The van der Waals surface area contributed by atoms with E-state index in [0.29, 0.717) is 10.0 Å². The number of halogens is 2. The van der Waals surface area contributed by atoms with Crippen molar-refractivity contribution in [2.24, 2.45) is 0 Å². The molecule has 3 nitrogen and oxygen atoms in total. The molecule has 1 aromatic heterocycles. The number of hydrogen-bond donors (Lipinski definition) is 2. The summed E-state index contributed by atoms with van der Waals surface area (Å²) in [5.41, 5.74) is 2.16. The molecule has 0 radical (unpaired) electrons. The second-order valence-electron chi connectivity index (χ2n) is 3.85. The maximum Gasteiger partial charge on any atom is 0.0922 e. The molecular formula is C12H13Cl2N3. The summed E-state index contributed by atoms with van der Waals surface area (Å²) in [7, 11) is 0. The van der Waals surface area contributed by atoms with Gasteiger partial charge < -0.3 is 10.3 Å². The lowest BCUT2D eigenvalue weighted by Crippen LogP contribution is -2.18. The molecule has 0 fully saturated rings. The Bertz CT molecular complexity index is 483. The van der Waals surface area contributed by atoms with E-state index < -0.39 is 0 Å². The summed E-state index contributed by atoms with van der Waals surface area (Å²) < 4.78 is 0. The van der Waals surface area contributed by atoms with Crippen LogP contribution in [0.15, 0.2) is 30.7 Å². The second kappa shape index (κ2) is 5.54. The van der Waals surface area contributed by atoms with E-state index in [9.17, 15) is 0 Å². The van der Waals surface area contributed by atoms with Crippen molar-refractivity contribution >= 4 is 23.2 Å². The third-order valence-corrected chi connectivity index (χ3v) is 3.34. The number of nitrogens with one attached hydrogen (secondary N) is 2. The normalized spacial score (nSPS) is 12.6. The molecule has 0 bridgehead atoms. The van der Waals surface area contributed by atoms with E-state index in [-0.39, 0.29) is 6.04 Å². The number of aromatic nitrogens is 2. The number of nitrogens with zero attached hydrogens (tertiary/aromatic N) is 1. The summed E-state index contributed by atoms with van der Waals surface area (Å²) in [6.07, 6.45) is 3.47. The summed E-state index contributed by atoms with van der Waals surface area (Å²) in [5, 5.41) is 4.54. The molecular weight excluding hydrogens is 257 g/mol. The van der Waals surface area contributed by atoms with E-state index in [1.54, 1.807) is 12.5 Å².